The third-order valence-corrected chi connectivity index (χ3v) is 3.56. The number of hydrogen-bond acceptors (Lipinski definition) is 4. The molecule has 0 spiro atoms. The fourth-order valence-corrected chi connectivity index (χ4v) is 2.31. The second-order valence-corrected chi connectivity index (χ2v) is 5.63. The van der Waals surface area contributed by atoms with Crippen molar-refractivity contribution in [1.82, 2.24) is 15.1 Å². The molecule has 0 radical (unpaired) electrons. The lowest BCUT2D eigenvalue weighted by molar-refractivity contribution is -0.127. The Morgan fingerprint density at radius 2 is 2.33 bits per heavy atom. The van der Waals surface area contributed by atoms with E-state index in [1.54, 1.807) is 11.6 Å². The van der Waals surface area contributed by atoms with E-state index in [2.05, 4.69) is 26.3 Å². The molecule has 0 fully saturated rings. The summed E-state index contributed by atoms with van der Waals surface area (Å²) >= 11 is 3.42. The highest BCUT2D eigenvalue weighted by Gasteiger charge is 2.18. The number of ether oxygens (including phenoxy) is 1. The normalized spacial score (nSPS) is 12.4. The number of halogens is 1. The Morgan fingerprint density at radius 1 is 1.57 bits per heavy atom. The highest BCUT2D eigenvalue weighted by atomic mass is 79.9. The van der Waals surface area contributed by atoms with Crippen LogP contribution < -0.4 is 10.1 Å². The number of hydrogen-bond donors (Lipinski definition) is 2. The zero-order chi connectivity index (χ0) is 15.4. The number of aliphatic hydroxyl groups is 1. The molecule has 7 heteroatoms. The number of aryl methyl sites for hydroxylation is 1. The van der Waals surface area contributed by atoms with Crippen LogP contribution >= 0.6 is 15.9 Å². The highest BCUT2D eigenvalue weighted by molar-refractivity contribution is 9.10. The summed E-state index contributed by atoms with van der Waals surface area (Å²) in [6.07, 6.45) is -0.126. The van der Waals surface area contributed by atoms with E-state index < -0.39 is 6.10 Å². The summed E-state index contributed by atoms with van der Waals surface area (Å²) in [6, 6.07) is 5.78. The van der Waals surface area contributed by atoms with Crippen LogP contribution in [0.2, 0.25) is 0 Å². The van der Waals surface area contributed by atoms with Crippen molar-refractivity contribution in [3.63, 3.8) is 0 Å². The molecule has 2 N–H and O–H groups in total. The van der Waals surface area contributed by atoms with Crippen LogP contribution in [0.3, 0.4) is 0 Å². The van der Waals surface area contributed by atoms with Gasteiger partial charge in [-0.2, -0.15) is 0 Å². The minimum absolute atomic E-state index is 0.0500. The molecule has 0 bridgehead atoms. The molecule has 1 heterocycles. The van der Waals surface area contributed by atoms with Crippen LogP contribution in [0.25, 0.3) is 10.9 Å². The van der Waals surface area contributed by atoms with Crippen LogP contribution in [0.4, 0.5) is 0 Å². The fourth-order valence-electron chi connectivity index (χ4n) is 1.95. The minimum atomic E-state index is -0.652. The van der Waals surface area contributed by atoms with Crippen molar-refractivity contribution in [1.29, 1.82) is 0 Å². The summed E-state index contributed by atoms with van der Waals surface area (Å²) in [4.78, 5) is 11.9. The molecule has 6 nitrogen and oxygen atoms in total. The maximum Gasteiger partial charge on any atom is 0.260 e. The topological polar surface area (TPSA) is 76.4 Å². The van der Waals surface area contributed by atoms with Crippen LogP contribution in [0, 0.1) is 0 Å². The second-order valence-electron chi connectivity index (χ2n) is 4.72. The third kappa shape index (κ3) is 3.74. The molecule has 0 aliphatic rings. The van der Waals surface area contributed by atoms with Crippen molar-refractivity contribution in [3.05, 3.63) is 22.7 Å². The molecule has 0 saturated heterocycles. The number of nitrogens with one attached hydrogen (secondary N) is 1. The molecule has 0 aliphatic carbocycles. The number of aliphatic hydroxyl groups excluding tert-OH is 1. The predicted octanol–water partition coefficient (Wildman–Crippen LogP) is 1.60. The number of carbonyl (C=O) groups excluding carboxylic acids is 1. The number of amides is 1. The van der Waals surface area contributed by atoms with Crippen LogP contribution in [0.5, 0.6) is 5.88 Å². The lowest BCUT2D eigenvalue weighted by Crippen LogP contribution is -2.37. The first-order valence-corrected chi connectivity index (χ1v) is 7.49. The van der Waals surface area contributed by atoms with Gasteiger partial charge in [0.1, 0.15) is 0 Å². The Hall–Kier alpha value is -1.60. The Morgan fingerprint density at radius 3 is 3.05 bits per heavy atom. The van der Waals surface area contributed by atoms with E-state index in [-0.39, 0.29) is 12.5 Å². The van der Waals surface area contributed by atoms with E-state index in [0.29, 0.717) is 18.8 Å². The summed E-state index contributed by atoms with van der Waals surface area (Å²) in [7, 11) is 1.83. The summed E-state index contributed by atoms with van der Waals surface area (Å²) in [5.74, 6) is 0.204. The van der Waals surface area contributed by atoms with Gasteiger partial charge in [0.15, 0.2) is 6.10 Å². The third-order valence-electron chi connectivity index (χ3n) is 3.07. The summed E-state index contributed by atoms with van der Waals surface area (Å²) in [5.41, 5.74) is 0.932. The second kappa shape index (κ2) is 6.91. The smallest absolute Gasteiger partial charge is 0.260 e. The average Bonchev–Trinajstić information content (AvgIpc) is 2.75. The van der Waals surface area contributed by atoms with E-state index in [1.807, 2.05) is 25.2 Å². The van der Waals surface area contributed by atoms with Gasteiger partial charge in [-0.25, -0.2) is 0 Å². The van der Waals surface area contributed by atoms with Gasteiger partial charge in [-0.05, 0) is 31.5 Å². The first kappa shape index (κ1) is 15.8. The number of rotatable bonds is 6. The molecule has 1 aromatic heterocycles. The zero-order valence-corrected chi connectivity index (χ0v) is 13.6. The van der Waals surface area contributed by atoms with Crippen molar-refractivity contribution in [2.24, 2.45) is 7.05 Å². The van der Waals surface area contributed by atoms with Gasteiger partial charge < -0.3 is 15.2 Å². The first-order chi connectivity index (χ1) is 10.0. The average molecular weight is 356 g/mol. The van der Waals surface area contributed by atoms with Gasteiger partial charge in [0.05, 0.1) is 10.9 Å². The lowest BCUT2D eigenvalue weighted by atomic mass is 10.2. The van der Waals surface area contributed by atoms with E-state index in [4.69, 9.17) is 9.84 Å². The molecular formula is C14H18BrN3O3. The van der Waals surface area contributed by atoms with Crippen molar-refractivity contribution in [3.8, 4) is 5.88 Å². The molecule has 1 amide bonds. The van der Waals surface area contributed by atoms with E-state index >= 15 is 0 Å². The molecule has 2 rings (SSSR count). The Kier molecular flexibility index (Phi) is 5.19. The zero-order valence-electron chi connectivity index (χ0n) is 12.0. The Labute approximate surface area is 131 Å². The van der Waals surface area contributed by atoms with Crippen molar-refractivity contribution in [2.75, 3.05) is 13.2 Å². The van der Waals surface area contributed by atoms with Crippen molar-refractivity contribution in [2.45, 2.75) is 19.4 Å². The SMILES string of the molecule is CC(Oc1nn(C)c2ccc(Br)cc12)C(=O)NCCCO. The fraction of sp³-hybridized carbons (Fsp3) is 0.429. The van der Waals surface area contributed by atoms with Gasteiger partial charge in [0.25, 0.3) is 5.91 Å². The first-order valence-electron chi connectivity index (χ1n) is 6.70. The number of fused-ring (bicyclic) bond motifs is 1. The maximum absolute atomic E-state index is 11.9. The van der Waals surface area contributed by atoms with E-state index in [0.717, 1.165) is 15.4 Å². The quantitative estimate of drug-likeness (QED) is 0.771. The van der Waals surface area contributed by atoms with Gasteiger partial charge in [-0.15, -0.1) is 5.10 Å². The van der Waals surface area contributed by atoms with Crippen LogP contribution in [-0.2, 0) is 11.8 Å². The molecule has 1 aromatic carbocycles. The van der Waals surface area contributed by atoms with Crippen molar-refractivity contribution >= 4 is 32.7 Å². The van der Waals surface area contributed by atoms with Crippen LogP contribution in [0.1, 0.15) is 13.3 Å². The van der Waals surface area contributed by atoms with Gasteiger partial charge in [-0.3, -0.25) is 9.48 Å². The summed E-state index contributed by atoms with van der Waals surface area (Å²) in [5, 5.41) is 16.6. The van der Waals surface area contributed by atoms with Gasteiger partial charge in [0, 0.05) is 24.7 Å². The number of benzene rings is 1. The standard InChI is InChI=1S/C14H18BrN3O3/c1-9(13(20)16-6-3-7-19)21-14-11-8-10(15)4-5-12(11)18(2)17-14/h4-5,8-9,19H,3,6-7H2,1-2H3,(H,16,20). The van der Waals surface area contributed by atoms with Gasteiger partial charge in [0.2, 0.25) is 5.88 Å². The Bertz CT molecular complexity index is 642. The maximum atomic E-state index is 11.9. The van der Waals surface area contributed by atoms with Gasteiger partial charge >= 0.3 is 0 Å². The van der Waals surface area contributed by atoms with Crippen LogP contribution in [0.15, 0.2) is 22.7 Å². The summed E-state index contributed by atoms with van der Waals surface area (Å²) in [6.45, 7) is 2.15. The Balaban J connectivity index is 2.12. The highest BCUT2D eigenvalue weighted by Crippen LogP contribution is 2.28. The molecule has 0 aliphatic heterocycles. The number of carbonyl (C=O) groups is 1. The minimum Gasteiger partial charge on any atom is -0.463 e. The van der Waals surface area contributed by atoms with Gasteiger partial charge in [-0.1, -0.05) is 15.9 Å². The van der Waals surface area contributed by atoms with Crippen LogP contribution in [-0.4, -0.2) is 40.0 Å². The summed E-state index contributed by atoms with van der Waals surface area (Å²) < 4.78 is 8.31. The number of aromatic nitrogens is 2. The molecule has 114 valence electrons. The molecule has 1 atom stereocenters. The molecule has 0 saturated carbocycles. The molecule has 1 unspecified atom stereocenters. The van der Waals surface area contributed by atoms with Crippen molar-refractivity contribution < 1.29 is 14.6 Å². The van der Waals surface area contributed by atoms with E-state index in [1.165, 1.54) is 0 Å². The monoisotopic (exact) mass is 355 g/mol. The molecule has 21 heavy (non-hydrogen) atoms. The van der Waals surface area contributed by atoms with E-state index in [9.17, 15) is 4.79 Å². The molecular weight excluding hydrogens is 338 g/mol. The molecule has 2 aromatic rings. The lowest BCUT2D eigenvalue weighted by Gasteiger charge is -2.12. The number of nitrogens with zero attached hydrogens (tertiary/aromatic N) is 2. The predicted molar refractivity (Wildman–Crippen MR) is 83.2 cm³/mol. The largest absolute Gasteiger partial charge is 0.463 e.